The Morgan fingerprint density at radius 3 is 2.25 bits per heavy atom. The summed E-state index contributed by atoms with van der Waals surface area (Å²) in [6.07, 6.45) is 11.3. The van der Waals surface area contributed by atoms with Gasteiger partial charge in [-0.2, -0.15) is 0 Å². The standard InChI is InChI=1S/C44H60FNO6/c1-26(2)36-30(47)24-44(21-18-34(48)46-28-12-10-27(45)11-13-28)23-22-42(8)29(37(36)44)14-15-32-41(7)19-17-33(52-35(49)25-39(3,4)38(50)51)40(5,6)31(41)16-20-43(32,42)9/h10-13,18,21,26,29,31-33H,14-17,19-20,22-25H2,1-9H3,(H,46,48)(H,50,51). The predicted molar refractivity (Wildman–Crippen MR) is 200 cm³/mol. The van der Waals surface area contributed by atoms with Crippen LogP contribution >= 0.6 is 0 Å². The van der Waals surface area contributed by atoms with Gasteiger partial charge in [0.25, 0.3) is 0 Å². The molecule has 7 nitrogen and oxygen atoms in total. The van der Waals surface area contributed by atoms with Gasteiger partial charge >= 0.3 is 11.9 Å². The summed E-state index contributed by atoms with van der Waals surface area (Å²) >= 11 is 0. The summed E-state index contributed by atoms with van der Waals surface area (Å²) in [4.78, 5) is 51.9. The van der Waals surface area contributed by atoms with Crippen molar-refractivity contribution in [3.63, 3.8) is 0 Å². The molecular formula is C44H60FNO6. The van der Waals surface area contributed by atoms with Crippen LogP contribution in [-0.2, 0) is 23.9 Å². The van der Waals surface area contributed by atoms with E-state index in [0.29, 0.717) is 23.9 Å². The molecule has 0 aliphatic heterocycles. The number of esters is 1. The van der Waals surface area contributed by atoms with Crippen molar-refractivity contribution in [1.29, 1.82) is 0 Å². The molecule has 2 N–H and O–H groups in total. The van der Waals surface area contributed by atoms with Gasteiger partial charge in [0.2, 0.25) is 5.91 Å². The molecule has 8 unspecified atom stereocenters. The molecule has 4 saturated carbocycles. The zero-order valence-corrected chi connectivity index (χ0v) is 32.8. The molecule has 4 fully saturated rings. The lowest BCUT2D eigenvalue weighted by atomic mass is 9.33. The second kappa shape index (κ2) is 12.9. The number of carbonyl (C=O) groups is 4. The lowest BCUT2D eigenvalue weighted by Gasteiger charge is -2.72. The van der Waals surface area contributed by atoms with Gasteiger partial charge in [0.05, 0.1) is 11.8 Å². The Kier molecular flexibility index (Phi) is 9.56. The van der Waals surface area contributed by atoms with Crippen molar-refractivity contribution in [2.45, 2.75) is 133 Å². The number of Topliss-reactive ketones (excluding diaryl/α,β-unsaturated/α-hetero) is 1. The number of aliphatic carboxylic acids is 1. The van der Waals surface area contributed by atoms with Crippen LogP contribution in [0.2, 0.25) is 0 Å². The zero-order chi connectivity index (χ0) is 38.2. The summed E-state index contributed by atoms with van der Waals surface area (Å²) in [6, 6.07) is 5.74. The maximum atomic E-state index is 13.9. The molecule has 0 radical (unpaired) electrons. The van der Waals surface area contributed by atoms with Crippen LogP contribution in [0.25, 0.3) is 0 Å². The Hall–Kier alpha value is -3.29. The number of ether oxygens (including phenoxy) is 1. The maximum Gasteiger partial charge on any atom is 0.309 e. The number of carboxylic acid groups (broad SMARTS) is 1. The van der Waals surface area contributed by atoms with Crippen LogP contribution in [0, 0.1) is 62.0 Å². The van der Waals surface area contributed by atoms with Crippen LogP contribution in [0.3, 0.4) is 0 Å². The van der Waals surface area contributed by atoms with Gasteiger partial charge in [-0.05, 0) is 141 Å². The largest absolute Gasteiger partial charge is 0.481 e. The molecule has 0 spiro atoms. The number of allylic oxidation sites excluding steroid dienone is 3. The second-order valence-corrected chi connectivity index (χ2v) is 19.4. The van der Waals surface area contributed by atoms with Crippen molar-refractivity contribution in [2.75, 3.05) is 5.32 Å². The van der Waals surface area contributed by atoms with Gasteiger partial charge in [0.1, 0.15) is 11.9 Å². The molecule has 0 saturated heterocycles. The number of hydrogen-bond acceptors (Lipinski definition) is 5. The number of rotatable bonds is 8. The molecule has 0 heterocycles. The van der Waals surface area contributed by atoms with E-state index in [0.717, 1.165) is 56.9 Å². The third kappa shape index (κ3) is 5.98. The number of anilines is 1. The molecule has 0 aromatic heterocycles. The van der Waals surface area contributed by atoms with Crippen LogP contribution in [0.4, 0.5) is 10.1 Å². The topological polar surface area (TPSA) is 110 Å². The third-order valence-electron chi connectivity index (χ3n) is 15.5. The SMILES string of the molecule is CC(C)C1=C2C3CCC4C5(C)CCC(OC(=O)CC(C)(C)C(=O)O)C(C)(C)C5CCC4(C)C3(C)CCC2(C=CC(=O)Nc2ccc(F)cc2)CC1=O. The monoisotopic (exact) mass is 717 g/mol. The van der Waals surface area contributed by atoms with E-state index in [-0.39, 0.29) is 63.5 Å². The average molecular weight is 718 g/mol. The fraction of sp³-hybridized carbons (Fsp3) is 0.682. The van der Waals surface area contributed by atoms with E-state index in [9.17, 15) is 28.7 Å². The van der Waals surface area contributed by atoms with Crippen LogP contribution in [0.15, 0.2) is 47.6 Å². The summed E-state index contributed by atoms with van der Waals surface area (Å²) in [5, 5.41) is 12.5. The smallest absolute Gasteiger partial charge is 0.309 e. The van der Waals surface area contributed by atoms with Gasteiger partial charge in [0, 0.05) is 29.0 Å². The fourth-order valence-electron chi connectivity index (χ4n) is 12.6. The lowest BCUT2D eigenvalue weighted by molar-refractivity contribution is -0.232. The summed E-state index contributed by atoms with van der Waals surface area (Å²) in [5.74, 6) is -0.732. The van der Waals surface area contributed by atoms with Crippen LogP contribution in [-0.4, -0.2) is 34.8 Å². The van der Waals surface area contributed by atoms with Gasteiger partial charge in [-0.3, -0.25) is 19.2 Å². The van der Waals surface area contributed by atoms with E-state index in [1.54, 1.807) is 32.1 Å². The van der Waals surface area contributed by atoms with Gasteiger partial charge in [-0.25, -0.2) is 4.39 Å². The molecule has 1 aromatic rings. The van der Waals surface area contributed by atoms with Gasteiger partial charge < -0.3 is 15.2 Å². The van der Waals surface area contributed by atoms with E-state index in [1.165, 1.54) is 17.7 Å². The highest BCUT2D eigenvalue weighted by molar-refractivity contribution is 6.02. The highest BCUT2D eigenvalue weighted by Gasteiger charge is 2.70. The summed E-state index contributed by atoms with van der Waals surface area (Å²) < 4.78 is 19.6. The normalized spacial score (nSPS) is 36.9. The first kappa shape index (κ1) is 38.4. The molecule has 284 valence electrons. The van der Waals surface area contributed by atoms with Crippen molar-refractivity contribution in [3.05, 3.63) is 53.4 Å². The summed E-state index contributed by atoms with van der Waals surface area (Å²) in [6.45, 7) is 19.4. The van der Waals surface area contributed by atoms with Gasteiger partial charge in [-0.1, -0.05) is 54.5 Å². The number of ketones is 1. The van der Waals surface area contributed by atoms with Crippen molar-refractivity contribution in [3.8, 4) is 0 Å². The number of amides is 1. The van der Waals surface area contributed by atoms with Gasteiger partial charge in [-0.15, -0.1) is 0 Å². The van der Waals surface area contributed by atoms with E-state index in [1.807, 2.05) is 6.08 Å². The molecular weight excluding hydrogens is 657 g/mol. The van der Waals surface area contributed by atoms with E-state index in [4.69, 9.17) is 4.74 Å². The lowest BCUT2D eigenvalue weighted by Crippen LogP contribution is -2.65. The first-order valence-electron chi connectivity index (χ1n) is 19.6. The van der Waals surface area contributed by atoms with Crippen LogP contribution in [0.1, 0.15) is 127 Å². The van der Waals surface area contributed by atoms with Crippen molar-refractivity contribution >= 4 is 29.3 Å². The van der Waals surface area contributed by atoms with Crippen molar-refractivity contribution in [1.82, 2.24) is 0 Å². The Balaban J connectivity index is 1.28. The maximum absolute atomic E-state index is 13.9. The Morgan fingerprint density at radius 2 is 1.62 bits per heavy atom. The Labute approximate surface area is 309 Å². The van der Waals surface area contributed by atoms with Gasteiger partial charge in [0.15, 0.2) is 5.78 Å². The Morgan fingerprint density at radius 1 is 0.942 bits per heavy atom. The molecule has 8 heteroatoms. The van der Waals surface area contributed by atoms with Crippen molar-refractivity contribution in [2.24, 2.45) is 56.2 Å². The number of halogens is 1. The zero-order valence-electron chi connectivity index (χ0n) is 32.8. The number of hydrogen-bond donors (Lipinski definition) is 2. The minimum absolute atomic E-state index is 0.0306. The van der Waals surface area contributed by atoms with Crippen molar-refractivity contribution < 1.29 is 33.4 Å². The first-order valence-corrected chi connectivity index (χ1v) is 19.6. The molecule has 6 rings (SSSR count). The number of fused-ring (bicyclic) bond motifs is 7. The summed E-state index contributed by atoms with van der Waals surface area (Å²) in [7, 11) is 0. The fourth-order valence-corrected chi connectivity index (χ4v) is 12.6. The molecule has 52 heavy (non-hydrogen) atoms. The van der Waals surface area contributed by atoms with Crippen LogP contribution in [0.5, 0.6) is 0 Å². The van der Waals surface area contributed by atoms with Crippen LogP contribution < -0.4 is 5.32 Å². The second-order valence-electron chi connectivity index (χ2n) is 19.4. The highest BCUT2D eigenvalue weighted by Crippen LogP contribution is 2.77. The quantitative estimate of drug-likeness (QED) is 0.205. The number of nitrogens with one attached hydrogen (secondary N) is 1. The molecule has 0 bridgehead atoms. The highest BCUT2D eigenvalue weighted by atomic mass is 19.1. The minimum Gasteiger partial charge on any atom is -0.481 e. The molecule has 8 atom stereocenters. The molecule has 5 aliphatic carbocycles. The van der Waals surface area contributed by atoms with E-state index >= 15 is 0 Å². The Bertz CT molecular complexity index is 1710. The molecule has 1 aromatic carbocycles. The third-order valence-corrected chi connectivity index (χ3v) is 15.5. The number of benzene rings is 1. The minimum atomic E-state index is -1.18. The predicted octanol–water partition coefficient (Wildman–Crippen LogP) is 9.71. The van der Waals surface area contributed by atoms with E-state index in [2.05, 4.69) is 53.8 Å². The molecule has 1 amide bonds. The average Bonchev–Trinajstić information content (AvgIpc) is 3.35. The number of carbonyl (C=O) groups excluding carboxylic acids is 3. The van der Waals surface area contributed by atoms with E-state index < -0.39 is 22.8 Å². The number of carboxylic acids is 1. The summed E-state index contributed by atoms with van der Waals surface area (Å²) in [5.41, 5.74) is 0.891. The molecule has 5 aliphatic rings. The first-order chi connectivity index (χ1) is 24.1.